The first-order valence-electron chi connectivity index (χ1n) is 10.4. The van der Waals surface area contributed by atoms with Crippen molar-refractivity contribution in [3.8, 4) is 0 Å². The van der Waals surface area contributed by atoms with E-state index in [-0.39, 0.29) is 11.9 Å². The Morgan fingerprint density at radius 2 is 2.11 bits per heavy atom. The molecule has 8 nitrogen and oxygen atoms in total. The number of nitrogens with zero attached hydrogens (tertiary/aromatic N) is 5. The topological polar surface area (TPSA) is 103 Å². The molecule has 2 N–H and O–H groups in total. The number of oxazole rings is 1. The number of rotatable bonds is 5. The maximum absolute atomic E-state index is 12.9. The molecule has 28 heavy (non-hydrogen) atoms. The van der Waals surface area contributed by atoms with Crippen LogP contribution in [0.5, 0.6) is 0 Å². The fourth-order valence-corrected chi connectivity index (χ4v) is 4.03. The molecular formula is C20H30N6O2. The smallest absolute Gasteiger partial charge is 0.276 e. The van der Waals surface area contributed by atoms with Crippen LogP contribution in [0.1, 0.15) is 79.8 Å². The molecule has 0 spiro atoms. The van der Waals surface area contributed by atoms with E-state index in [2.05, 4.69) is 29.1 Å². The molecule has 8 heteroatoms. The third kappa shape index (κ3) is 4.11. The van der Waals surface area contributed by atoms with Crippen molar-refractivity contribution in [1.82, 2.24) is 24.9 Å². The number of amides is 1. The number of nitrogens with two attached hydrogens (primary N) is 1. The first kappa shape index (κ1) is 19.1. The third-order valence-corrected chi connectivity index (χ3v) is 5.84. The minimum Gasteiger partial charge on any atom is -0.445 e. The van der Waals surface area contributed by atoms with Gasteiger partial charge in [0.05, 0.1) is 18.8 Å². The lowest BCUT2D eigenvalue weighted by Crippen LogP contribution is -2.36. The normalized spacial score (nSPS) is 22.5. The van der Waals surface area contributed by atoms with Crippen molar-refractivity contribution in [3.05, 3.63) is 29.2 Å². The molecule has 0 unspecified atom stereocenters. The van der Waals surface area contributed by atoms with Crippen LogP contribution < -0.4 is 5.73 Å². The Morgan fingerprint density at radius 3 is 2.86 bits per heavy atom. The van der Waals surface area contributed by atoms with Crippen LogP contribution in [-0.4, -0.2) is 43.4 Å². The Balaban J connectivity index is 1.40. The molecule has 1 aliphatic heterocycles. The van der Waals surface area contributed by atoms with Crippen LogP contribution in [0, 0.1) is 5.92 Å². The zero-order valence-corrected chi connectivity index (χ0v) is 16.8. The van der Waals surface area contributed by atoms with Crippen LogP contribution in [0.15, 0.2) is 10.6 Å². The molecule has 0 aromatic carbocycles. The van der Waals surface area contributed by atoms with Crippen LogP contribution in [0.2, 0.25) is 0 Å². The highest BCUT2D eigenvalue weighted by molar-refractivity contribution is 5.92. The first-order chi connectivity index (χ1) is 13.5. The Labute approximate surface area is 165 Å². The van der Waals surface area contributed by atoms with Crippen molar-refractivity contribution >= 4 is 5.91 Å². The van der Waals surface area contributed by atoms with E-state index in [1.165, 1.54) is 0 Å². The summed E-state index contributed by atoms with van der Waals surface area (Å²) in [5.41, 5.74) is 7.27. The van der Waals surface area contributed by atoms with E-state index in [1.807, 2.05) is 4.68 Å². The van der Waals surface area contributed by atoms with Gasteiger partial charge in [0.15, 0.2) is 11.6 Å². The second-order valence-electron chi connectivity index (χ2n) is 8.54. The minimum absolute atomic E-state index is 0.0869. The van der Waals surface area contributed by atoms with E-state index in [0.717, 1.165) is 55.9 Å². The van der Waals surface area contributed by atoms with E-state index < -0.39 is 0 Å². The molecule has 1 saturated carbocycles. The second-order valence-corrected chi connectivity index (χ2v) is 8.54. The van der Waals surface area contributed by atoms with Gasteiger partial charge >= 0.3 is 0 Å². The van der Waals surface area contributed by atoms with Gasteiger partial charge < -0.3 is 15.1 Å². The molecule has 2 aromatic rings. The highest BCUT2D eigenvalue weighted by Gasteiger charge is 2.28. The number of aryl methyl sites for hydroxylation is 1. The number of carbonyl (C=O) groups excluding carboxylic acids is 1. The van der Waals surface area contributed by atoms with Gasteiger partial charge in [0, 0.05) is 25.4 Å². The largest absolute Gasteiger partial charge is 0.445 e. The fraction of sp³-hybridized carbons (Fsp3) is 0.700. The molecular weight excluding hydrogens is 356 g/mol. The molecule has 1 aliphatic carbocycles. The summed E-state index contributed by atoms with van der Waals surface area (Å²) in [5, 5.41) is 8.36. The van der Waals surface area contributed by atoms with Gasteiger partial charge in [-0.25, -0.2) is 9.67 Å². The minimum atomic E-state index is -0.0869. The molecule has 0 radical (unpaired) electrons. The summed E-state index contributed by atoms with van der Waals surface area (Å²) in [5.74, 6) is 2.24. The molecule has 152 valence electrons. The van der Waals surface area contributed by atoms with Gasteiger partial charge in [-0.2, -0.15) is 0 Å². The van der Waals surface area contributed by atoms with E-state index in [1.54, 1.807) is 11.1 Å². The lowest BCUT2D eigenvalue weighted by atomic mass is 9.92. The zero-order chi connectivity index (χ0) is 19.7. The molecule has 0 bridgehead atoms. The molecule has 1 fully saturated rings. The van der Waals surface area contributed by atoms with Crippen molar-refractivity contribution in [2.75, 3.05) is 6.54 Å². The van der Waals surface area contributed by atoms with Crippen molar-refractivity contribution < 1.29 is 9.21 Å². The average molecular weight is 387 g/mol. The lowest BCUT2D eigenvalue weighted by molar-refractivity contribution is 0.0721. The van der Waals surface area contributed by atoms with Crippen LogP contribution in [0.4, 0.5) is 0 Å². The molecule has 0 atom stereocenters. The Bertz CT molecular complexity index is 819. The van der Waals surface area contributed by atoms with Crippen molar-refractivity contribution in [2.45, 2.75) is 77.4 Å². The molecule has 2 aliphatic rings. The predicted molar refractivity (Wildman–Crippen MR) is 104 cm³/mol. The number of carbonyl (C=O) groups is 1. The van der Waals surface area contributed by atoms with Gasteiger partial charge in [-0.1, -0.05) is 19.1 Å². The summed E-state index contributed by atoms with van der Waals surface area (Å²) in [6.07, 6.45) is 8.35. The first-order valence-corrected chi connectivity index (χ1v) is 10.4. The summed E-state index contributed by atoms with van der Waals surface area (Å²) >= 11 is 0. The number of fused-ring (bicyclic) bond motifs is 1. The van der Waals surface area contributed by atoms with E-state index in [0.29, 0.717) is 37.2 Å². The summed E-state index contributed by atoms with van der Waals surface area (Å²) in [6, 6.07) is 0.581. The van der Waals surface area contributed by atoms with Crippen molar-refractivity contribution in [2.24, 2.45) is 11.7 Å². The predicted octanol–water partition coefficient (Wildman–Crippen LogP) is 2.50. The van der Waals surface area contributed by atoms with Gasteiger partial charge in [0.25, 0.3) is 5.91 Å². The Morgan fingerprint density at radius 1 is 1.32 bits per heavy atom. The SMILES string of the molecule is CC(C)CCc1nc2c(o1)CCN(C(=O)c1cn(C3CCC(N)CC3)nn1)C2. The Hall–Kier alpha value is -2.22. The molecule has 0 saturated heterocycles. The summed E-state index contributed by atoms with van der Waals surface area (Å²) in [6.45, 7) is 5.48. The van der Waals surface area contributed by atoms with Gasteiger partial charge in [-0.05, 0) is 38.0 Å². The average Bonchev–Trinajstić information content (AvgIpc) is 3.32. The quantitative estimate of drug-likeness (QED) is 0.847. The van der Waals surface area contributed by atoms with Crippen LogP contribution in [0.3, 0.4) is 0 Å². The maximum atomic E-state index is 12.9. The summed E-state index contributed by atoms with van der Waals surface area (Å²) in [4.78, 5) is 19.3. The second kappa shape index (κ2) is 8.03. The standard InChI is InChI=1S/C20H30N6O2/c1-13(2)3-8-19-22-16-11-25(10-9-18(16)28-19)20(27)17-12-26(24-23-17)15-6-4-14(21)5-7-15/h12-15H,3-11,21H2,1-2H3. The van der Waals surface area contributed by atoms with Gasteiger partial charge in [0.2, 0.25) is 0 Å². The highest BCUT2D eigenvalue weighted by atomic mass is 16.4. The highest BCUT2D eigenvalue weighted by Crippen LogP contribution is 2.27. The van der Waals surface area contributed by atoms with Crippen molar-refractivity contribution in [3.63, 3.8) is 0 Å². The summed E-state index contributed by atoms with van der Waals surface area (Å²) < 4.78 is 7.73. The fourth-order valence-electron chi connectivity index (χ4n) is 4.03. The molecule has 4 rings (SSSR count). The zero-order valence-electron chi connectivity index (χ0n) is 16.8. The van der Waals surface area contributed by atoms with Gasteiger partial charge in [0.1, 0.15) is 11.5 Å². The summed E-state index contributed by atoms with van der Waals surface area (Å²) in [7, 11) is 0. The molecule has 2 aromatic heterocycles. The Kier molecular flexibility index (Phi) is 5.48. The molecule has 1 amide bonds. The lowest BCUT2D eigenvalue weighted by Gasteiger charge is -2.26. The third-order valence-electron chi connectivity index (χ3n) is 5.84. The number of aromatic nitrogens is 4. The van der Waals surface area contributed by atoms with Gasteiger partial charge in [-0.15, -0.1) is 5.10 Å². The van der Waals surface area contributed by atoms with Crippen LogP contribution >= 0.6 is 0 Å². The van der Waals surface area contributed by atoms with Crippen molar-refractivity contribution in [1.29, 1.82) is 0 Å². The van der Waals surface area contributed by atoms with E-state index in [4.69, 9.17) is 10.2 Å². The maximum Gasteiger partial charge on any atom is 0.276 e. The van der Waals surface area contributed by atoms with E-state index in [9.17, 15) is 4.79 Å². The number of hydrogen-bond acceptors (Lipinski definition) is 6. The van der Waals surface area contributed by atoms with Crippen LogP contribution in [0.25, 0.3) is 0 Å². The monoisotopic (exact) mass is 386 g/mol. The number of hydrogen-bond donors (Lipinski definition) is 1. The van der Waals surface area contributed by atoms with Crippen LogP contribution in [-0.2, 0) is 19.4 Å². The van der Waals surface area contributed by atoms with E-state index >= 15 is 0 Å². The molecule has 3 heterocycles. The van der Waals surface area contributed by atoms with Gasteiger partial charge in [-0.3, -0.25) is 4.79 Å².